The van der Waals surface area contributed by atoms with E-state index >= 15 is 0 Å². The average Bonchev–Trinajstić information content (AvgIpc) is 1.81. The van der Waals surface area contributed by atoms with Gasteiger partial charge in [-0.2, -0.15) is 13.2 Å². The third-order valence-electron chi connectivity index (χ3n) is 0.676. The normalized spacial score (nSPS) is 9.82. The first-order valence-corrected chi connectivity index (χ1v) is 2.48. The Labute approximate surface area is 67.7 Å². The Kier molecular flexibility index (Phi) is 5.97. The van der Waals surface area contributed by atoms with Crippen LogP contribution in [-0.4, -0.2) is 25.8 Å². The van der Waals surface area contributed by atoms with Crippen LogP contribution in [0.25, 0.3) is 0 Å². The average molecular weight is 193 g/mol. The van der Waals surface area contributed by atoms with E-state index in [1.165, 1.54) is 7.05 Å². The second-order valence-electron chi connectivity index (χ2n) is 1.55. The van der Waals surface area contributed by atoms with E-state index in [1.807, 2.05) is 5.32 Å². The summed E-state index contributed by atoms with van der Waals surface area (Å²) in [5.41, 5.74) is 0. The second-order valence-corrected chi connectivity index (χ2v) is 1.55. The highest BCUT2D eigenvalue weighted by molar-refractivity contribution is 5.85. The molecule has 0 saturated carbocycles. The Hall–Kier alpha value is -0.650. The number of urea groups is 1. The number of hydrogen-bond donors (Lipinski definition) is 2. The van der Waals surface area contributed by atoms with Gasteiger partial charge >= 0.3 is 12.2 Å². The van der Waals surface area contributed by atoms with Crippen LogP contribution in [0.15, 0.2) is 0 Å². The summed E-state index contributed by atoms with van der Waals surface area (Å²) in [5.74, 6) is 0. The van der Waals surface area contributed by atoms with Crippen molar-refractivity contribution in [2.75, 3.05) is 13.6 Å². The van der Waals surface area contributed by atoms with Crippen molar-refractivity contribution in [3.8, 4) is 0 Å². The number of carbonyl (C=O) groups excluding carboxylic acids is 1. The predicted molar refractivity (Wildman–Crippen MR) is 35.8 cm³/mol. The summed E-state index contributed by atoms with van der Waals surface area (Å²) >= 11 is 0. The highest BCUT2D eigenvalue weighted by atomic mass is 35.5. The number of amides is 2. The molecule has 68 valence electrons. The molecule has 0 aliphatic heterocycles. The van der Waals surface area contributed by atoms with Crippen molar-refractivity contribution in [3.05, 3.63) is 0 Å². The first-order chi connectivity index (χ1) is 4.45. The molecular weight excluding hydrogens is 185 g/mol. The van der Waals surface area contributed by atoms with Crippen LogP contribution in [0, 0.1) is 0 Å². The fraction of sp³-hybridized carbons (Fsp3) is 0.750. The molecule has 0 atom stereocenters. The van der Waals surface area contributed by atoms with Crippen molar-refractivity contribution in [2.45, 2.75) is 6.18 Å². The van der Waals surface area contributed by atoms with Crippen LogP contribution < -0.4 is 10.6 Å². The lowest BCUT2D eigenvalue weighted by molar-refractivity contribution is -0.122. The second kappa shape index (κ2) is 5.06. The standard InChI is InChI=1S/C4H7F3N2O.ClH/c1-8-3(10)9-2-4(5,6)7;/h2H2,1H3,(H2,8,9,10);1H. The summed E-state index contributed by atoms with van der Waals surface area (Å²) < 4.78 is 33.9. The first kappa shape index (κ1) is 13.0. The van der Waals surface area contributed by atoms with Crippen LogP contribution in [0.2, 0.25) is 0 Å². The molecule has 2 N–H and O–H groups in total. The van der Waals surface area contributed by atoms with Gasteiger partial charge in [0.2, 0.25) is 0 Å². The van der Waals surface area contributed by atoms with Crippen LogP contribution in [0.4, 0.5) is 18.0 Å². The zero-order chi connectivity index (χ0) is 8.20. The molecule has 0 aromatic heterocycles. The zero-order valence-corrected chi connectivity index (χ0v) is 6.47. The molecule has 0 aromatic rings. The van der Waals surface area contributed by atoms with Gasteiger partial charge < -0.3 is 10.6 Å². The van der Waals surface area contributed by atoms with Gasteiger partial charge in [-0.25, -0.2) is 4.79 Å². The third kappa shape index (κ3) is 9.35. The molecule has 0 unspecified atom stereocenters. The van der Waals surface area contributed by atoms with Crippen molar-refractivity contribution < 1.29 is 18.0 Å². The van der Waals surface area contributed by atoms with E-state index in [1.54, 1.807) is 5.32 Å². The SMILES string of the molecule is CNC(=O)NCC(F)(F)F.Cl. The lowest BCUT2D eigenvalue weighted by Crippen LogP contribution is -2.39. The highest BCUT2D eigenvalue weighted by Crippen LogP contribution is 2.11. The minimum atomic E-state index is -4.34. The topological polar surface area (TPSA) is 41.1 Å². The molecule has 11 heavy (non-hydrogen) atoms. The van der Waals surface area contributed by atoms with Gasteiger partial charge in [0.25, 0.3) is 0 Å². The smallest absolute Gasteiger partial charge is 0.341 e. The fourth-order valence-electron chi connectivity index (χ4n) is 0.269. The van der Waals surface area contributed by atoms with Crippen LogP contribution in [0.5, 0.6) is 0 Å². The molecule has 0 saturated heterocycles. The molecule has 0 spiro atoms. The zero-order valence-electron chi connectivity index (χ0n) is 5.66. The Morgan fingerprint density at radius 1 is 1.45 bits per heavy atom. The van der Waals surface area contributed by atoms with E-state index in [9.17, 15) is 18.0 Å². The van der Waals surface area contributed by atoms with E-state index in [0.29, 0.717) is 0 Å². The quantitative estimate of drug-likeness (QED) is 0.637. The van der Waals surface area contributed by atoms with Crippen molar-refractivity contribution >= 4 is 18.4 Å². The van der Waals surface area contributed by atoms with Gasteiger partial charge in [-0.05, 0) is 0 Å². The summed E-state index contributed by atoms with van der Waals surface area (Å²) in [6.07, 6.45) is -4.34. The van der Waals surface area contributed by atoms with Crippen LogP contribution in [0.3, 0.4) is 0 Å². The maximum absolute atomic E-state index is 11.3. The number of rotatable bonds is 1. The summed E-state index contributed by atoms with van der Waals surface area (Å²) in [6, 6.07) is -0.836. The lowest BCUT2D eigenvalue weighted by Gasteiger charge is -2.06. The van der Waals surface area contributed by atoms with Crippen LogP contribution in [0.1, 0.15) is 0 Å². The van der Waals surface area contributed by atoms with Crippen molar-refractivity contribution in [1.82, 2.24) is 10.6 Å². The summed E-state index contributed by atoms with van der Waals surface area (Å²) in [6.45, 7) is -1.30. The molecule has 0 heterocycles. The molecule has 0 aliphatic carbocycles. The maximum atomic E-state index is 11.3. The molecule has 3 nitrogen and oxygen atoms in total. The molecule has 0 aliphatic rings. The fourth-order valence-corrected chi connectivity index (χ4v) is 0.269. The van der Waals surface area contributed by atoms with E-state index in [4.69, 9.17) is 0 Å². The Bertz CT molecular complexity index is 127. The van der Waals surface area contributed by atoms with Gasteiger partial charge in [0.05, 0.1) is 0 Å². The van der Waals surface area contributed by atoms with Gasteiger partial charge in [0, 0.05) is 7.05 Å². The molecule has 0 radical (unpaired) electrons. The Balaban J connectivity index is 0. The summed E-state index contributed by atoms with van der Waals surface area (Å²) in [7, 11) is 1.24. The van der Waals surface area contributed by atoms with Gasteiger partial charge in [0.15, 0.2) is 0 Å². The molecule has 7 heteroatoms. The number of carbonyl (C=O) groups is 1. The van der Waals surface area contributed by atoms with Crippen LogP contribution in [-0.2, 0) is 0 Å². The summed E-state index contributed by atoms with van der Waals surface area (Å²) in [4.78, 5) is 10.1. The van der Waals surface area contributed by atoms with Crippen molar-refractivity contribution in [1.29, 1.82) is 0 Å². The lowest BCUT2D eigenvalue weighted by atomic mass is 10.6. The third-order valence-corrected chi connectivity index (χ3v) is 0.676. The molecule has 0 rings (SSSR count). The van der Waals surface area contributed by atoms with E-state index in [0.717, 1.165) is 0 Å². The highest BCUT2D eigenvalue weighted by Gasteiger charge is 2.27. The molecule has 0 fully saturated rings. The minimum absolute atomic E-state index is 0. The minimum Gasteiger partial charge on any atom is -0.341 e. The first-order valence-electron chi connectivity index (χ1n) is 2.48. The predicted octanol–water partition coefficient (Wildman–Crippen LogP) is 0.899. The van der Waals surface area contributed by atoms with E-state index < -0.39 is 18.8 Å². The summed E-state index contributed by atoms with van der Waals surface area (Å²) in [5, 5.41) is 3.58. The van der Waals surface area contributed by atoms with Gasteiger partial charge in [-0.1, -0.05) is 0 Å². The Morgan fingerprint density at radius 3 is 2.18 bits per heavy atom. The van der Waals surface area contributed by atoms with E-state index in [-0.39, 0.29) is 12.4 Å². The van der Waals surface area contributed by atoms with Crippen molar-refractivity contribution in [2.24, 2.45) is 0 Å². The van der Waals surface area contributed by atoms with Gasteiger partial charge in [-0.3, -0.25) is 0 Å². The molecular formula is C4H8ClF3N2O. The van der Waals surface area contributed by atoms with Crippen LogP contribution >= 0.6 is 12.4 Å². The number of nitrogens with one attached hydrogen (secondary N) is 2. The molecule has 0 aromatic carbocycles. The van der Waals surface area contributed by atoms with E-state index in [2.05, 4.69) is 0 Å². The monoisotopic (exact) mass is 192 g/mol. The van der Waals surface area contributed by atoms with Crippen molar-refractivity contribution in [3.63, 3.8) is 0 Å². The Morgan fingerprint density at radius 2 is 1.91 bits per heavy atom. The maximum Gasteiger partial charge on any atom is 0.405 e. The number of hydrogen-bond acceptors (Lipinski definition) is 1. The largest absolute Gasteiger partial charge is 0.405 e. The number of alkyl halides is 3. The van der Waals surface area contributed by atoms with Gasteiger partial charge in [-0.15, -0.1) is 12.4 Å². The number of halogens is 4. The van der Waals surface area contributed by atoms with Gasteiger partial charge in [0.1, 0.15) is 6.54 Å². The molecule has 0 bridgehead atoms. The molecule has 2 amide bonds.